The number of nitrogens with zero attached hydrogens (tertiary/aromatic N) is 11. The Balaban J connectivity index is 0.000000518. The Bertz CT molecular complexity index is 4070. The molecule has 47 nitrogen and oxygen atoms in total. The lowest BCUT2D eigenvalue weighted by atomic mass is 9.82. The fourth-order valence-electron chi connectivity index (χ4n) is 12.9. The lowest BCUT2D eigenvalue weighted by Gasteiger charge is -2.25. The summed E-state index contributed by atoms with van der Waals surface area (Å²) in [6.07, 6.45) is 24.6. The molecule has 0 aromatic rings. The number of carbonyl (C=O) groups excluding carboxylic acids is 21. The van der Waals surface area contributed by atoms with Gasteiger partial charge in [-0.15, -0.1) is 20.3 Å². The molecule has 1 saturated carbocycles. The van der Waals surface area contributed by atoms with Gasteiger partial charge < -0.3 is 76.5 Å². The number of hydrogen-bond acceptors (Lipinski definition) is 40. The zero-order valence-corrected chi connectivity index (χ0v) is 78.6. The Morgan fingerprint density at radius 2 is 0.626 bits per heavy atom. The van der Waals surface area contributed by atoms with Crippen molar-refractivity contribution in [1.82, 2.24) is 54.7 Å². The van der Waals surface area contributed by atoms with E-state index in [1.807, 2.05) is 0 Å². The second-order valence-electron chi connectivity index (χ2n) is 29.8. The molecule has 0 spiro atoms. The number of ether oxygens (including phenoxy) is 10. The molecule has 0 N–H and O–H groups in total. The fraction of sp³-hybridized carbons (Fsp3) is 0.533. The summed E-state index contributed by atoms with van der Waals surface area (Å²) in [5.74, 6) is -6.31. The van der Waals surface area contributed by atoms with Crippen LogP contribution >= 0.6 is 0 Å². The predicted octanol–water partition coefficient (Wildman–Crippen LogP) is 3.66. The number of imide groups is 3. The van der Waals surface area contributed by atoms with E-state index >= 15 is 0 Å². The maximum absolute atomic E-state index is 11.1. The first-order valence-electron chi connectivity index (χ1n) is 44.7. The number of piperidine rings is 2. The third kappa shape index (κ3) is 53.3. The van der Waals surface area contributed by atoms with Crippen LogP contribution in [0.25, 0.3) is 0 Å². The number of carbonyl (C=O) groups is 21. The number of amides is 10. The Hall–Kier alpha value is -14.0. The van der Waals surface area contributed by atoms with Crippen LogP contribution in [-0.4, -0.2) is 370 Å². The van der Waals surface area contributed by atoms with Gasteiger partial charge in [-0.05, 0) is 69.9 Å². The maximum atomic E-state index is 11.1. The van der Waals surface area contributed by atoms with E-state index in [1.54, 1.807) is 9.96 Å². The van der Waals surface area contributed by atoms with Gasteiger partial charge >= 0.3 is 77.8 Å². The summed E-state index contributed by atoms with van der Waals surface area (Å²) in [7, 11) is 0. The van der Waals surface area contributed by atoms with Crippen molar-refractivity contribution in [3.05, 3.63) is 139 Å². The lowest BCUT2D eigenvalue weighted by Crippen LogP contribution is -2.41. The van der Waals surface area contributed by atoms with Crippen molar-refractivity contribution in [2.24, 2.45) is 11.8 Å². The van der Waals surface area contributed by atoms with Gasteiger partial charge in [0.2, 0.25) is 17.7 Å². The number of esters is 6. The summed E-state index contributed by atoms with van der Waals surface area (Å²) in [6, 6.07) is 0. The highest BCUT2D eigenvalue weighted by molar-refractivity contribution is 6.03. The highest BCUT2D eigenvalue weighted by Crippen LogP contribution is 2.36. The summed E-state index contributed by atoms with van der Waals surface area (Å²) in [4.78, 5) is 260. The molecule has 12 rings (SSSR count). The molecule has 0 radical (unpaired) electrons. The zero-order chi connectivity index (χ0) is 103. The van der Waals surface area contributed by atoms with Crippen LogP contribution in [0, 0.1) is 11.8 Å². The van der Waals surface area contributed by atoms with Crippen LogP contribution in [0.2, 0.25) is 0 Å². The Kier molecular flexibility index (Phi) is 63.0. The standard InChI is InChI=1S/C13H21NO2.C10H17NO2.C9H11NO4.C9H15NO3.C9H13NO3.C8H9NO4.C7H9NO4.C7H7NO4.C7H11NO3.C7H9NO3.C6H7NO4/c1-2-13(15)16-8-7-14-9-11-5-3-4-6-12(11)10-14;1-2-10(12)13-9-8-11-6-4-3-5-7-11;1-2-9(13)14-6-5-10-7(11)3-4-8(10)12;1-2-9(11)13-8-5-10-3-6-12-7-4-10;1-2-9(12)13-7-6-10-5-3-4-8(10)11;1-2-8(12)13-9-6(10)4-3-5-7(9)11;1-2-6(9)12-5-8-3-4-11-7(8)10;1-2-7(11)12-8-5(9)3-4-6(8)10;1-2-7(9)11-8-3-5-10-6-4-8;1-2-7(10)11-8-5-3-4-6(8)9;1-2-5(8)11-7-3-4-10-6(7)9/h2,11-12H,1,3-10H2;2H,1,3-9H2;2H,1,3-6H2;2H,1,3-8H2;2H,1,3-7H2;2H,1,3-5H2;2H,1,3-5H2;2H,1,3-4H2;2H,1,3-6H2;2H,1,3-5H2;2H,1,3-4H2. The van der Waals surface area contributed by atoms with E-state index in [-0.39, 0.29) is 120 Å². The highest BCUT2D eigenvalue weighted by Gasteiger charge is 2.36. The van der Waals surface area contributed by atoms with Crippen molar-refractivity contribution in [2.45, 2.75) is 116 Å². The molecule has 12 fully saturated rings. The van der Waals surface area contributed by atoms with Crippen molar-refractivity contribution in [3.8, 4) is 0 Å². The maximum Gasteiger partial charge on any atom is 0.443 e. The third-order valence-electron chi connectivity index (χ3n) is 20.0. The van der Waals surface area contributed by atoms with Crippen LogP contribution in [-0.2, 0) is 163 Å². The lowest BCUT2D eigenvalue weighted by molar-refractivity contribution is -0.201. The van der Waals surface area contributed by atoms with E-state index in [2.05, 4.69) is 125 Å². The minimum atomic E-state index is -0.807. The highest BCUT2D eigenvalue weighted by atomic mass is 16.8. The van der Waals surface area contributed by atoms with E-state index in [0.717, 1.165) is 154 Å². The first-order valence-corrected chi connectivity index (χ1v) is 44.7. The number of likely N-dealkylation sites (tertiary alicyclic amines) is 4. The number of fused-ring (bicyclic) bond motifs is 1. The number of rotatable bonds is 33. The van der Waals surface area contributed by atoms with E-state index in [9.17, 15) is 101 Å². The monoisotopic (exact) mass is 1960 g/mol. The quantitative estimate of drug-likeness (QED) is 0.0391. The van der Waals surface area contributed by atoms with Crippen molar-refractivity contribution in [1.29, 1.82) is 0 Å². The van der Waals surface area contributed by atoms with Gasteiger partial charge in [0.1, 0.15) is 46.2 Å². The second kappa shape index (κ2) is 72.3. The molecule has 0 aromatic heterocycles. The van der Waals surface area contributed by atoms with E-state index < -0.39 is 83.6 Å². The molecule has 0 bridgehead atoms. The number of hydrogen-bond donors (Lipinski definition) is 0. The average molecular weight is 1970 g/mol. The molecule has 11 aliphatic heterocycles. The number of cyclic esters (lactones) is 2. The van der Waals surface area contributed by atoms with Crippen LogP contribution in [0.5, 0.6) is 0 Å². The molecule has 2 atom stereocenters. The van der Waals surface area contributed by atoms with Crippen LogP contribution in [0.1, 0.15) is 116 Å². The van der Waals surface area contributed by atoms with Gasteiger partial charge in [-0.25, -0.2) is 62.3 Å². The minimum absolute atomic E-state index is 0.0301. The smallest absolute Gasteiger partial charge is 0.443 e. The van der Waals surface area contributed by atoms with Gasteiger partial charge in [0, 0.05) is 171 Å². The molecule has 2 unspecified atom stereocenters. The van der Waals surface area contributed by atoms with E-state index in [4.69, 9.17) is 33.3 Å². The van der Waals surface area contributed by atoms with Crippen molar-refractivity contribution in [2.75, 3.05) is 191 Å². The van der Waals surface area contributed by atoms with Gasteiger partial charge in [0.15, 0.2) is 6.73 Å². The topological polar surface area (TPSA) is 533 Å². The molecule has 11 saturated heterocycles. The summed E-state index contributed by atoms with van der Waals surface area (Å²) < 4.78 is 48.1. The Labute approximate surface area is 806 Å². The molecule has 139 heavy (non-hydrogen) atoms. The van der Waals surface area contributed by atoms with Gasteiger partial charge in [-0.1, -0.05) is 91.6 Å². The molecular formula is C92H129N11O36. The molecule has 47 heteroatoms. The minimum Gasteiger partial charge on any atom is -0.461 e. The first kappa shape index (κ1) is 121. The molecule has 11 heterocycles. The summed E-state index contributed by atoms with van der Waals surface area (Å²) in [6.45, 7) is 53.7. The molecule has 768 valence electrons. The van der Waals surface area contributed by atoms with Crippen LogP contribution < -0.4 is 0 Å². The van der Waals surface area contributed by atoms with Crippen molar-refractivity contribution < 1.29 is 172 Å². The molecular weight excluding hydrogens is 1840 g/mol. The van der Waals surface area contributed by atoms with Gasteiger partial charge in [0.25, 0.3) is 29.5 Å². The van der Waals surface area contributed by atoms with E-state index in [1.165, 1.54) is 81.2 Å². The first-order chi connectivity index (χ1) is 66.7. The zero-order valence-electron chi connectivity index (χ0n) is 78.6. The third-order valence-corrected chi connectivity index (χ3v) is 20.0. The van der Waals surface area contributed by atoms with Gasteiger partial charge in [-0.2, -0.15) is 5.06 Å². The Morgan fingerprint density at radius 3 is 1.03 bits per heavy atom. The summed E-state index contributed by atoms with van der Waals surface area (Å²) in [5.41, 5.74) is 0. The van der Waals surface area contributed by atoms with Crippen molar-refractivity contribution in [3.63, 3.8) is 0 Å². The second-order valence-corrected chi connectivity index (χ2v) is 29.8. The van der Waals surface area contributed by atoms with Crippen LogP contribution in [0.15, 0.2) is 139 Å². The summed E-state index contributed by atoms with van der Waals surface area (Å²) in [5, 5.41) is 4.49. The number of morpholine rings is 2. The fourth-order valence-corrected chi connectivity index (χ4v) is 12.9. The van der Waals surface area contributed by atoms with Crippen LogP contribution in [0.3, 0.4) is 0 Å². The van der Waals surface area contributed by atoms with Crippen molar-refractivity contribution >= 4 is 125 Å². The average Bonchev–Trinajstić information content (AvgIpc) is 1.80. The van der Waals surface area contributed by atoms with Crippen LogP contribution in [0.4, 0.5) is 9.59 Å². The summed E-state index contributed by atoms with van der Waals surface area (Å²) >= 11 is 0. The molecule has 12 aliphatic rings. The van der Waals surface area contributed by atoms with E-state index in [0.29, 0.717) is 102 Å². The van der Waals surface area contributed by atoms with Gasteiger partial charge in [0.05, 0.1) is 72.2 Å². The molecule has 1 aliphatic carbocycles. The SMILES string of the molecule is C=CC(=O)OCCN1C(=O)CCC1=O.C=CC(=O)OCCN1CC2CCCCC2C1.C=CC(=O)OCCN1CCCC1=O.C=CC(=O)OCCN1CCCCC1.C=CC(=O)OCCN1CCOCC1.C=CC(=O)OCN1CCOC1=O.C=CC(=O)ON1C(=O)CCC1=O.C=CC(=O)ON1C(=O)CCCC1=O.C=CC(=O)ON1CCCC1=O.C=CC(=O)ON1CCOC1=O.C=CC(=O)ON1CCOCC1. The van der Waals surface area contributed by atoms with Gasteiger partial charge in [-0.3, -0.25) is 62.9 Å². The Morgan fingerprint density at radius 1 is 0.273 bits per heavy atom. The number of hydroxylamine groups is 10. The normalized spacial score (nSPS) is 18.4. The molecule has 0 aromatic carbocycles. The molecule has 10 amide bonds. The predicted molar refractivity (Wildman–Crippen MR) is 486 cm³/mol. The largest absolute Gasteiger partial charge is 0.461 e.